The van der Waals surface area contributed by atoms with Crippen molar-refractivity contribution in [3.05, 3.63) is 77.1 Å². The number of nitrogens with zero attached hydrogens (tertiary/aromatic N) is 1. The summed E-state index contributed by atoms with van der Waals surface area (Å²) >= 11 is 6.53. The van der Waals surface area contributed by atoms with Crippen LogP contribution in [0.25, 0.3) is 11.1 Å². The van der Waals surface area contributed by atoms with Crippen molar-refractivity contribution in [2.75, 3.05) is 20.3 Å². The number of sulfonamides is 1. The molecule has 0 radical (unpaired) electrons. The van der Waals surface area contributed by atoms with Crippen molar-refractivity contribution in [1.29, 1.82) is 0 Å². The smallest absolute Gasteiger partial charge is 0.309 e. The lowest BCUT2D eigenvalue weighted by atomic mass is 9.93. The van der Waals surface area contributed by atoms with Crippen LogP contribution in [0.15, 0.2) is 65.8 Å². The van der Waals surface area contributed by atoms with Crippen LogP contribution in [0.2, 0.25) is 5.02 Å². The number of unbranched alkanes of at least 4 members (excludes halogenated alkanes) is 1. The summed E-state index contributed by atoms with van der Waals surface area (Å²) in [5, 5.41) is 48.6. The number of rotatable bonds is 24. The van der Waals surface area contributed by atoms with Gasteiger partial charge in [-0.05, 0) is 86.4 Å². The molecule has 1 aromatic heterocycles. The second-order valence-electron chi connectivity index (χ2n) is 14.5. The monoisotopic (exact) mass is 818 g/mol. The summed E-state index contributed by atoms with van der Waals surface area (Å²) in [6.45, 7) is -0.699. The molecule has 0 bridgehead atoms. The van der Waals surface area contributed by atoms with Gasteiger partial charge in [-0.3, -0.25) is 14.6 Å². The number of aliphatic hydroxyl groups excluding tert-OH is 5. The molecule has 16 heteroatoms. The van der Waals surface area contributed by atoms with Crippen molar-refractivity contribution < 1.29 is 57.8 Å². The Labute approximate surface area is 331 Å². The molecule has 6 N–H and O–H groups in total. The number of halogens is 1. The third-order valence-electron chi connectivity index (χ3n) is 10.2. The van der Waals surface area contributed by atoms with E-state index in [0.29, 0.717) is 23.4 Å². The number of para-hydroxylation sites is 1. The molecule has 1 heterocycles. The lowest BCUT2D eigenvalue weighted by Crippen LogP contribution is -2.45. The van der Waals surface area contributed by atoms with Gasteiger partial charge in [0.1, 0.15) is 29.8 Å². The molecule has 3 aromatic rings. The number of methoxy groups -OCH3 is 1. The highest BCUT2D eigenvalue weighted by Gasteiger charge is 2.48. The first-order valence-corrected chi connectivity index (χ1v) is 20.7. The summed E-state index contributed by atoms with van der Waals surface area (Å²) < 4.78 is 46.7. The van der Waals surface area contributed by atoms with Crippen molar-refractivity contribution in [2.45, 2.75) is 112 Å². The van der Waals surface area contributed by atoms with Crippen LogP contribution in [0.4, 0.5) is 0 Å². The first kappa shape index (κ1) is 43.6. The Morgan fingerprint density at radius 1 is 0.982 bits per heavy atom. The van der Waals surface area contributed by atoms with E-state index in [1.54, 1.807) is 6.20 Å². The first-order chi connectivity index (χ1) is 26.8. The Bertz CT molecular complexity index is 1910. The van der Waals surface area contributed by atoms with Gasteiger partial charge in [-0.15, -0.1) is 0 Å². The lowest BCUT2D eigenvalue weighted by Gasteiger charge is -2.25. The molecule has 0 saturated heterocycles. The standard InChI is InChI=1S/C40H51ClN2O12S/c1-53-39(50)25(20-27(45)9-14-34(46)37(48)38(49)35(47)23-44)6-4-5-18-43-56(51,52)29-12-13-33(41)26(21-29)24-54-40(16-17-40)32-22-42-19-15-30(32)31-7-2-3-8-36(31)55-28-10-11-28/h2-3,7-8,12-13,15,19,21-22,25,28,34-35,37-38,43-44,46-49H,4-6,9-11,14,16-18,20,23-24H2,1H3/t25-,34+,35-,37-,38-/m1/s1. The number of hydrogen-bond donors (Lipinski definition) is 6. The van der Waals surface area contributed by atoms with Gasteiger partial charge < -0.3 is 39.7 Å². The summed E-state index contributed by atoms with van der Waals surface area (Å²) in [7, 11) is -2.75. The molecule has 2 saturated carbocycles. The Kier molecular flexibility index (Phi) is 15.4. The van der Waals surface area contributed by atoms with Crippen LogP contribution < -0.4 is 9.46 Å². The van der Waals surface area contributed by atoms with Gasteiger partial charge in [0.05, 0.1) is 48.9 Å². The number of esters is 1. The summed E-state index contributed by atoms with van der Waals surface area (Å²) in [5.74, 6) is -1.01. The fourth-order valence-electron chi connectivity index (χ4n) is 6.49. The van der Waals surface area contributed by atoms with E-state index in [4.69, 9.17) is 30.9 Å². The summed E-state index contributed by atoms with van der Waals surface area (Å²) in [6.07, 6.45) is 0.853. The van der Waals surface area contributed by atoms with E-state index >= 15 is 0 Å². The van der Waals surface area contributed by atoms with Crippen molar-refractivity contribution in [3.8, 4) is 16.9 Å². The maximum absolute atomic E-state index is 13.3. The minimum atomic E-state index is -3.94. The van der Waals surface area contributed by atoms with Crippen LogP contribution >= 0.6 is 11.6 Å². The minimum absolute atomic E-state index is 0.0160. The van der Waals surface area contributed by atoms with Crippen LogP contribution in [0.5, 0.6) is 5.75 Å². The highest BCUT2D eigenvalue weighted by Crippen LogP contribution is 2.53. The van der Waals surface area contributed by atoms with Gasteiger partial charge in [0, 0.05) is 47.9 Å². The molecule has 0 aliphatic heterocycles. The van der Waals surface area contributed by atoms with Gasteiger partial charge in [0.2, 0.25) is 10.0 Å². The summed E-state index contributed by atoms with van der Waals surface area (Å²) in [4.78, 5) is 29.4. The lowest BCUT2D eigenvalue weighted by molar-refractivity contribution is -0.147. The molecule has 14 nitrogen and oxygen atoms in total. The van der Waals surface area contributed by atoms with E-state index in [-0.39, 0.29) is 49.8 Å². The van der Waals surface area contributed by atoms with Gasteiger partial charge in [-0.2, -0.15) is 0 Å². The Balaban J connectivity index is 1.12. The number of ketones is 1. The molecule has 0 spiro atoms. The van der Waals surface area contributed by atoms with Gasteiger partial charge in [0.15, 0.2) is 0 Å². The Hall–Kier alpha value is -3.51. The van der Waals surface area contributed by atoms with E-state index in [1.165, 1.54) is 25.3 Å². The highest BCUT2D eigenvalue weighted by molar-refractivity contribution is 7.89. The molecule has 0 unspecified atom stereocenters. The van der Waals surface area contributed by atoms with Gasteiger partial charge in [0.25, 0.3) is 0 Å². The highest BCUT2D eigenvalue weighted by atomic mass is 35.5. The average Bonchev–Trinajstić information content (AvgIpc) is 4.15. The van der Waals surface area contributed by atoms with Crippen molar-refractivity contribution >= 4 is 33.4 Å². The fraction of sp³-hybridized carbons (Fsp3) is 0.525. The van der Waals surface area contributed by atoms with Crippen molar-refractivity contribution in [3.63, 3.8) is 0 Å². The maximum Gasteiger partial charge on any atom is 0.309 e. The normalized spacial score (nSPS) is 17.7. The van der Waals surface area contributed by atoms with E-state index in [9.17, 15) is 38.4 Å². The zero-order valence-electron chi connectivity index (χ0n) is 31.3. The number of ether oxygens (including phenoxy) is 3. The van der Waals surface area contributed by atoms with Crippen molar-refractivity contribution in [2.24, 2.45) is 5.92 Å². The van der Waals surface area contributed by atoms with E-state index in [0.717, 1.165) is 48.1 Å². The van der Waals surface area contributed by atoms with Crippen LogP contribution in [0, 0.1) is 5.92 Å². The van der Waals surface area contributed by atoms with Gasteiger partial charge in [-0.25, -0.2) is 13.1 Å². The number of aliphatic hydroxyl groups is 5. The van der Waals surface area contributed by atoms with E-state index < -0.39 is 64.3 Å². The van der Waals surface area contributed by atoms with Crippen LogP contribution in [0.3, 0.4) is 0 Å². The van der Waals surface area contributed by atoms with Crippen LogP contribution in [0.1, 0.15) is 75.3 Å². The molecule has 2 aliphatic rings. The molecular weight excluding hydrogens is 768 g/mol. The molecule has 2 aromatic carbocycles. The number of nitrogens with one attached hydrogen (secondary N) is 1. The summed E-state index contributed by atoms with van der Waals surface area (Å²) in [6, 6.07) is 14.3. The Morgan fingerprint density at radius 2 is 1.71 bits per heavy atom. The zero-order valence-corrected chi connectivity index (χ0v) is 32.8. The largest absolute Gasteiger partial charge is 0.490 e. The van der Waals surface area contributed by atoms with Crippen LogP contribution in [-0.2, 0) is 41.3 Å². The number of pyridine rings is 1. The number of aromatic nitrogens is 1. The molecule has 0 amide bonds. The topological polar surface area (TPSA) is 222 Å². The predicted octanol–water partition coefficient (Wildman–Crippen LogP) is 3.56. The molecule has 5 atom stereocenters. The number of hydrogen-bond acceptors (Lipinski definition) is 13. The second-order valence-corrected chi connectivity index (χ2v) is 16.6. The molecule has 2 aliphatic carbocycles. The minimum Gasteiger partial charge on any atom is -0.490 e. The number of carbonyl (C=O) groups is 2. The third kappa shape index (κ3) is 11.5. The quantitative estimate of drug-likeness (QED) is 0.0563. The molecule has 2 fully saturated rings. The van der Waals surface area contributed by atoms with Gasteiger partial charge in [-0.1, -0.05) is 36.2 Å². The number of benzene rings is 2. The summed E-state index contributed by atoms with van der Waals surface area (Å²) in [5.41, 5.74) is 2.75. The fourth-order valence-corrected chi connectivity index (χ4v) is 7.79. The Morgan fingerprint density at radius 3 is 2.41 bits per heavy atom. The molecule has 5 rings (SSSR count). The van der Waals surface area contributed by atoms with Crippen LogP contribution in [-0.4, -0.2) is 101 Å². The maximum atomic E-state index is 13.3. The number of Topliss-reactive ketones (excluding diaryl/α,β-unsaturated/α-hetero) is 1. The SMILES string of the molecule is COC(=O)[C@H](CCCCNS(=O)(=O)c1ccc(Cl)c(COC2(c3cnccc3-c3ccccc3OC3CC3)CC2)c1)CC(=O)CC[C@H](O)[C@@H](O)[C@H](O)[C@H](O)CO. The van der Waals surface area contributed by atoms with E-state index in [2.05, 4.69) is 9.71 Å². The zero-order chi connectivity index (χ0) is 40.5. The average molecular weight is 819 g/mol. The predicted molar refractivity (Wildman–Crippen MR) is 205 cm³/mol. The molecule has 56 heavy (non-hydrogen) atoms. The molecular formula is C40H51ClN2O12S. The molecule has 306 valence electrons. The first-order valence-electron chi connectivity index (χ1n) is 18.8. The second kappa shape index (κ2) is 19.8. The van der Waals surface area contributed by atoms with Crippen molar-refractivity contribution in [1.82, 2.24) is 9.71 Å². The van der Waals surface area contributed by atoms with Gasteiger partial charge >= 0.3 is 5.97 Å². The van der Waals surface area contributed by atoms with E-state index in [1.807, 2.05) is 36.5 Å². The third-order valence-corrected chi connectivity index (χ3v) is 12.0. The number of carbonyl (C=O) groups excluding carboxylic acids is 2.